The zero-order valence-corrected chi connectivity index (χ0v) is 20.2. The number of thioether (sulfide) groups is 1. The Balaban J connectivity index is 0.00000280. The van der Waals surface area contributed by atoms with Crippen LogP contribution in [0.2, 0.25) is 0 Å². The van der Waals surface area contributed by atoms with E-state index in [0.717, 1.165) is 60.0 Å². The van der Waals surface area contributed by atoms with Crippen molar-refractivity contribution < 1.29 is 4.74 Å². The molecule has 154 valence electrons. The van der Waals surface area contributed by atoms with Gasteiger partial charge in [-0.25, -0.2) is 4.98 Å². The molecule has 0 radical (unpaired) electrons. The number of aliphatic imine (C=N–C) groups is 1. The minimum absolute atomic E-state index is 0. The third-order valence-electron chi connectivity index (χ3n) is 4.43. The summed E-state index contributed by atoms with van der Waals surface area (Å²) in [4.78, 5) is 11.0. The number of thiazole rings is 1. The molecule has 3 rings (SSSR count). The van der Waals surface area contributed by atoms with Crippen molar-refractivity contribution in [2.45, 2.75) is 23.2 Å². The van der Waals surface area contributed by atoms with Crippen LogP contribution in [0.3, 0.4) is 0 Å². The monoisotopic (exact) mass is 533 g/mol. The molecule has 1 saturated heterocycles. The molecule has 1 aliphatic heterocycles. The molecule has 6 nitrogen and oxygen atoms in total. The number of hydrogen-bond donors (Lipinski definition) is 2. The summed E-state index contributed by atoms with van der Waals surface area (Å²) in [6, 6.07) is 8.58. The second kappa shape index (κ2) is 12.4. The minimum Gasteiger partial charge on any atom is -0.495 e. The normalized spacial score (nSPS) is 16.6. The molecule has 2 aromatic rings. The first-order chi connectivity index (χ1) is 13.3. The van der Waals surface area contributed by atoms with Gasteiger partial charge >= 0.3 is 0 Å². The summed E-state index contributed by atoms with van der Waals surface area (Å²) in [5, 5.41) is 8.98. The number of methoxy groups -OCH3 is 1. The number of hydrogen-bond acceptors (Lipinski definition) is 6. The quantitative estimate of drug-likeness (QED) is 0.178. The summed E-state index contributed by atoms with van der Waals surface area (Å²) in [6.07, 6.45) is 4.01. The van der Waals surface area contributed by atoms with E-state index >= 15 is 0 Å². The number of guanidine groups is 1. The summed E-state index contributed by atoms with van der Waals surface area (Å²) in [6.45, 7) is 2.86. The Morgan fingerprint density at radius 1 is 1.43 bits per heavy atom. The fraction of sp³-hybridized carbons (Fsp3) is 0.474. The molecule has 1 fully saturated rings. The molecule has 0 saturated carbocycles. The molecule has 0 spiro atoms. The highest BCUT2D eigenvalue weighted by molar-refractivity contribution is 14.0. The smallest absolute Gasteiger partial charge is 0.191 e. The summed E-state index contributed by atoms with van der Waals surface area (Å²) in [5.41, 5.74) is 1.16. The Morgan fingerprint density at radius 3 is 3.04 bits per heavy atom. The van der Waals surface area contributed by atoms with E-state index in [0.29, 0.717) is 6.04 Å². The lowest BCUT2D eigenvalue weighted by molar-refractivity contribution is 0.415. The molecule has 1 unspecified atom stereocenters. The third-order valence-corrected chi connectivity index (χ3v) is 6.48. The average molecular weight is 534 g/mol. The SMILES string of the molecule is CN=C(NCCCSc1nccs1)NC1CCN(c2ccccc2OC)C1.I. The zero-order valence-electron chi connectivity index (χ0n) is 16.3. The highest BCUT2D eigenvalue weighted by Gasteiger charge is 2.25. The van der Waals surface area contributed by atoms with Crippen molar-refractivity contribution in [1.82, 2.24) is 15.6 Å². The minimum atomic E-state index is 0. The van der Waals surface area contributed by atoms with Crippen LogP contribution < -0.4 is 20.3 Å². The number of nitrogens with one attached hydrogen (secondary N) is 2. The number of rotatable bonds is 8. The number of benzene rings is 1. The van der Waals surface area contributed by atoms with Gasteiger partial charge in [-0.1, -0.05) is 23.9 Å². The first kappa shape index (κ1) is 23.1. The molecule has 1 atom stereocenters. The molecular formula is C19H28IN5OS2. The second-order valence-electron chi connectivity index (χ2n) is 6.25. The molecule has 0 amide bonds. The van der Waals surface area contributed by atoms with Crippen LogP contribution in [0.4, 0.5) is 5.69 Å². The van der Waals surface area contributed by atoms with Crippen molar-refractivity contribution in [2.75, 3.05) is 44.4 Å². The van der Waals surface area contributed by atoms with Crippen molar-refractivity contribution in [2.24, 2.45) is 4.99 Å². The van der Waals surface area contributed by atoms with Crippen molar-refractivity contribution in [1.29, 1.82) is 0 Å². The molecular weight excluding hydrogens is 505 g/mol. The molecule has 1 aliphatic rings. The van der Waals surface area contributed by atoms with Crippen molar-refractivity contribution in [3.05, 3.63) is 35.8 Å². The number of halogens is 1. The van der Waals surface area contributed by atoms with E-state index in [1.165, 1.54) is 0 Å². The van der Waals surface area contributed by atoms with Crippen LogP contribution in [0.25, 0.3) is 0 Å². The maximum absolute atomic E-state index is 5.49. The Kier molecular flexibility index (Phi) is 10.2. The van der Waals surface area contributed by atoms with Gasteiger partial charge < -0.3 is 20.3 Å². The zero-order chi connectivity index (χ0) is 18.9. The van der Waals surface area contributed by atoms with Gasteiger partial charge in [0.25, 0.3) is 0 Å². The van der Waals surface area contributed by atoms with E-state index in [4.69, 9.17) is 4.74 Å². The molecule has 0 aliphatic carbocycles. The summed E-state index contributed by atoms with van der Waals surface area (Å²) < 4.78 is 6.63. The number of nitrogens with zero attached hydrogens (tertiary/aromatic N) is 3. The van der Waals surface area contributed by atoms with Gasteiger partial charge in [-0.05, 0) is 25.0 Å². The van der Waals surface area contributed by atoms with Crippen LogP contribution in [0.5, 0.6) is 5.75 Å². The molecule has 1 aromatic carbocycles. The van der Waals surface area contributed by atoms with Crippen LogP contribution in [0.15, 0.2) is 45.2 Å². The topological polar surface area (TPSA) is 61.8 Å². The van der Waals surface area contributed by atoms with Gasteiger partial charge in [-0.15, -0.1) is 35.3 Å². The molecule has 28 heavy (non-hydrogen) atoms. The first-order valence-corrected chi connectivity index (χ1v) is 11.0. The van der Waals surface area contributed by atoms with E-state index in [1.807, 2.05) is 42.5 Å². The van der Waals surface area contributed by atoms with Crippen LogP contribution in [0, 0.1) is 0 Å². The van der Waals surface area contributed by atoms with Crippen LogP contribution >= 0.6 is 47.1 Å². The highest BCUT2D eigenvalue weighted by Crippen LogP contribution is 2.30. The molecule has 2 heterocycles. The second-order valence-corrected chi connectivity index (χ2v) is 8.48. The predicted octanol–water partition coefficient (Wildman–Crippen LogP) is 3.70. The molecule has 1 aromatic heterocycles. The molecule has 9 heteroatoms. The highest BCUT2D eigenvalue weighted by atomic mass is 127. The number of anilines is 1. The van der Waals surface area contributed by atoms with Gasteiger partial charge in [0.1, 0.15) is 10.1 Å². The van der Waals surface area contributed by atoms with Gasteiger partial charge in [0.15, 0.2) is 5.96 Å². The van der Waals surface area contributed by atoms with Gasteiger partial charge in [0.2, 0.25) is 0 Å². The fourth-order valence-corrected chi connectivity index (χ4v) is 4.74. The van der Waals surface area contributed by atoms with Crippen LogP contribution in [-0.4, -0.2) is 56.5 Å². The maximum Gasteiger partial charge on any atom is 0.191 e. The number of aromatic nitrogens is 1. The predicted molar refractivity (Wildman–Crippen MR) is 131 cm³/mol. The summed E-state index contributed by atoms with van der Waals surface area (Å²) >= 11 is 3.51. The molecule has 2 N–H and O–H groups in total. The van der Waals surface area contributed by atoms with E-state index in [-0.39, 0.29) is 24.0 Å². The van der Waals surface area contributed by atoms with E-state index < -0.39 is 0 Å². The largest absolute Gasteiger partial charge is 0.495 e. The first-order valence-electron chi connectivity index (χ1n) is 9.17. The van der Waals surface area contributed by atoms with Crippen molar-refractivity contribution in [3.8, 4) is 5.75 Å². The summed E-state index contributed by atoms with van der Waals surface area (Å²) in [7, 11) is 3.55. The van der Waals surface area contributed by atoms with Gasteiger partial charge in [0.05, 0.1) is 12.8 Å². The third kappa shape index (κ3) is 6.70. The van der Waals surface area contributed by atoms with Crippen molar-refractivity contribution >= 4 is 58.7 Å². The van der Waals surface area contributed by atoms with Gasteiger partial charge in [-0.2, -0.15) is 0 Å². The molecule has 0 bridgehead atoms. The maximum atomic E-state index is 5.49. The standard InChI is InChI=1S/C19H27N5OS2.HI/c1-20-18(21-9-5-12-26-19-22-10-13-27-19)23-15-8-11-24(14-15)16-6-3-4-7-17(16)25-2;/h3-4,6-7,10,13,15H,5,8-9,11-12,14H2,1-2H3,(H2,20,21,23);1H. The number of para-hydroxylation sites is 2. The van der Waals surface area contributed by atoms with E-state index in [2.05, 4.69) is 37.6 Å². The Bertz CT molecular complexity index is 729. The van der Waals surface area contributed by atoms with E-state index in [9.17, 15) is 0 Å². The fourth-order valence-electron chi connectivity index (χ4n) is 3.10. The van der Waals surface area contributed by atoms with Crippen LogP contribution in [0.1, 0.15) is 12.8 Å². The van der Waals surface area contributed by atoms with Gasteiger partial charge in [0, 0.05) is 50.1 Å². The van der Waals surface area contributed by atoms with E-state index in [1.54, 1.807) is 18.4 Å². The summed E-state index contributed by atoms with van der Waals surface area (Å²) in [5.74, 6) is 2.86. The van der Waals surface area contributed by atoms with Crippen LogP contribution in [-0.2, 0) is 0 Å². The Hall–Kier alpha value is -1.20. The lowest BCUT2D eigenvalue weighted by Crippen LogP contribution is -2.45. The van der Waals surface area contributed by atoms with Gasteiger partial charge in [-0.3, -0.25) is 4.99 Å². The number of ether oxygens (including phenoxy) is 1. The lowest BCUT2D eigenvalue weighted by atomic mass is 10.2. The van der Waals surface area contributed by atoms with Crippen molar-refractivity contribution in [3.63, 3.8) is 0 Å². The Labute approximate surface area is 192 Å². The lowest BCUT2D eigenvalue weighted by Gasteiger charge is -2.22. The Morgan fingerprint density at radius 2 is 2.29 bits per heavy atom. The average Bonchev–Trinajstić information content (AvgIpc) is 3.38.